The molecule has 2 aromatic rings. The van der Waals surface area contributed by atoms with E-state index >= 15 is 0 Å². The quantitative estimate of drug-likeness (QED) is 0.406. The van der Waals surface area contributed by atoms with Crippen LogP contribution in [0.5, 0.6) is 0 Å². The van der Waals surface area contributed by atoms with Crippen LogP contribution in [-0.4, -0.2) is 45.8 Å². The number of allylic oxidation sites excluding steroid dienone is 2. The van der Waals surface area contributed by atoms with E-state index in [0.717, 1.165) is 6.26 Å². The van der Waals surface area contributed by atoms with Gasteiger partial charge in [-0.3, -0.25) is 9.59 Å². The molecule has 0 fully saturated rings. The van der Waals surface area contributed by atoms with Crippen molar-refractivity contribution >= 4 is 32.9 Å². The Balaban J connectivity index is 2.17. The molecule has 7 nitrogen and oxygen atoms in total. The lowest BCUT2D eigenvalue weighted by molar-refractivity contribution is -0.167. The second-order valence-corrected chi connectivity index (χ2v) is 9.06. The Kier molecular flexibility index (Phi) is 5.76. The lowest BCUT2D eigenvalue weighted by atomic mass is 9.82. The van der Waals surface area contributed by atoms with E-state index in [1.54, 1.807) is 12.1 Å². The van der Waals surface area contributed by atoms with E-state index in [9.17, 15) is 22.4 Å². The van der Waals surface area contributed by atoms with E-state index in [-0.39, 0.29) is 17.7 Å². The number of pyridine rings is 1. The maximum absolute atomic E-state index is 13.3. The van der Waals surface area contributed by atoms with Crippen molar-refractivity contribution in [2.45, 2.75) is 17.7 Å². The maximum Gasteiger partial charge on any atom is 0.323 e. The van der Waals surface area contributed by atoms with Gasteiger partial charge in [-0.1, -0.05) is 12.1 Å². The molecule has 0 spiro atoms. The third-order valence-electron chi connectivity index (χ3n) is 5.18. The number of methoxy groups -OCH3 is 2. The molecule has 30 heavy (non-hydrogen) atoms. The van der Waals surface area contributed by atoms with Crippen LogP contribution in [-0.2, 0) is 28.9 Å². The molecule has 0 saturated carbocycles. The Morgan fingerprint density at radius 2 is 1.43 bits per heavy atom. The highest BCUT2D eigenvalue weighted by molar-refractivity contribution is 7.90. The largest absolute Gasteiger partial charge is 0.468 e. The smallest absolute Gasteiger partial charge is 0.323 e. The van der Waals surface area contributed by atoms with Gasteiger partial charge in [-0.2, -0.15) is 4.39 Å². The van der Waals surface area contributed by atoms with Crippen LogP contribution < -0.4 is 0 Å². The van der Waals surface area contributed by atoms with Crippen LogP contribution in [0.15, 0.2) is 47.5 Å². The van der Waals surface area contributed by atoms with Crippen molar-refractivity contribution < 1.29 is 31.9 Å². The molecule has 0 bridgehead atoms. The van der Waals surface area contributed by atoms with E-state index in [4.69, 9.17) is 9.47 Å². The van der Waals surface area contributed by atoms with Gasteiger partial charge in [-0.15, -0.1) is 0 Å². The zero-order chi connectivity index (χ0) is 22.1. The summed E-state index contributed by atoms with van der Waals surface area (Å²) in [5.41, 5.74) is 0.784. The molecule has 1 heterocycles. The predicted octanol–water partition coefficient (Wildman–Crippen LogP) is 2.66. The minimum absolute atomic E-state index is 0.0166. The minimum atomic E-state index is -3.39. The van der Waals surface area contributed by atoms with Crippen molar-refractivity contribution in [2.24, 2.45) is 5.41 Å². The molecule has 1 aromatic heterocycles. The molecule has 3 rings (SSSR count). The number of sulfone groups is 1. The molecule has 0 saturated heterocycles. The topological polar surface area (TPSA) is 99.6 Å². The Labute approximate surface area is 173 Å². The SMILES string of the molecule is COC(=O)C1(C(=O)OC)CC(c2ccc(S(C)(=O)=O)cc2)=C(c2ccc(F)nc2)C1. The number of rotatable bonds is 5. The van der Waals surface area contributed by atoms with Crippen LogP contribution in [0.1, 0.15) is 24.0 Å². The number of benzene rings is 1. The number of ether oxygens (including phenoxy) is 2. The van der Waals surface area contributed by atoms with Gasteiger partial charge < -0.3 is 9.47 Å². The molecule has 0 atom stereocenters. The molecule has 1 aliphatic carbocycles. The number of hydrogen-bond donors (Lipinski definition) is 0. The van der Waals surface area contributed by atoms with E-state index in [1.165, 1.54) is 44.7 Å². The van der Waals surface area contributed by atoms with Gasteiger partial charge in [0.1, 0.15) is 0 Å². The van der Waals surface area contributed by atoms with Crippen LogP contribution in [0.3, 0.4) is 0 Å². The van der Waals surface area contributed by atoms with Crippen molar-refractivity contribution in [2.75, 3.05) is 20.5 Å². The molecular formula is C21H20FNO6S. The highest BCUT2D eigenvalue weighted by Gasteiger charge is 2.53. The zero-order valence-corrected chi connectivity index (χ0v) is 17.5. The summed E-state index contributed by atoms with van der Waals surface area (Å²) in [7, 11) is -1.02. The summed E-state index contributed by atoms with van der Waals surface area (Å²) in [4.78, 5) is 29.1. The monoisotopic (exact) mass is 433 g/mol. The van der Waals surface area contributed by atoms with Gasteiger partial charge in [-0.25, -0.2) is 13.4 Å². The zero-order valence-electron chi connectivity index (χ0n) is 16.6. The maximum atomic E-state index is 13.3. The van der Waals surface area contributed by atoms with E-state index < -0.39 is 33.1 Å². The van der Waals surface area contributed by atoms with Gasteiger partial charge in [0.25, 0.3) is 0 Å². The molecule has 9 heteroatoms. The van der Waals surface area contributed by atoms with E-state index in [1.807, 2.05) is 0 Å². The average Bonchev–Trinajstić information content (AvgIpc) is 3.14. The summed E-state index contributed by atoms with van der Waals surface area (Å²) < 4.78 is 46.6. The molecule has 1 aromatic carbocycles. The summed E-state index contributed by atoms with van der Waals surface area (Å²) >= 11 is 0. The first-order valence-electron chi connectivity index (χ1n) is 8.93. The van der Waals surface area contributed by atoms with Crippen molar-refractivity contribution in [3.63, 3.8) is 0 Å². The van der Waals surface area contributed by atoms with Crippen molar-refractivity contribution in [1.29, 1.82) is 0 Å². The standard InChI is InChI=1S/C21H20FNO6S/c1-28-19(24)21(20(25)29-2)10-16(13-4-7-15(8-5-13)30(3,26)27)17(11-21)14-6-9-18(22)23-12-14/h4-9,12H,10-11H2,1-3H3. The van der Waals surface area contributed by atoms with Crippen LogP contribution in [0.2, 0.25) is 0 Å². The second kappa shape index (κ2) is 7.98. The first kappa shape index (κ1) is 21.6. The third-order valence-corrected chi connectivity index (χ3v) is 6.31. The number of hydrogen-bond acceptors (Lipinski definition) is 7. The molecule has 1 aliphatic rings. The summed E-state index contributed by atoms with van der Waals surface area (Å²) in [6.45, 7) is 0. The predicted molar refractivity (Wildman–Crippen MR) is 106 cm³/mol. The number of carbonyl (C=O) groups excluding carboxylic acids is 2. The van der Waals surface area contributed by atoms with Gasteiger partial charge in [0.15, 0.2) is 15.3 Å². The summed E-state index contributed by atoms with van der Waals surface area (Å²) in [6.07, 6.45) is 2.38. The number of aromatic nitrogens is 1. The normalized spacial score (nSPS) is 15.7. The van der Waals surface area contributed by atoms with Crippen LogP contribution >= 0.6 is 0 Å². The molecule has 0 radical (unpaired) electrons. The highest BCUT2D eigenvalue weighted by Crippen LogP contribution is 2.51. The lowest BCUT2D eigenvalue weighted by Crippen LogP contribution is -2.39. The first-order chi connectivity index (χ1) is 14.1. The molecule has 158 valence electrons. The number of nitrogens with zero attached hydrogens (tertiary/aromatic N) is 1. The molecule has 0 unspecified atom stereocenters. The van der Waals surface area contributed by atoms with E-state index in [2.05, 4.69) is 4.98 Å². The average molecular weight is 433 g/mol. The Hall–Kier alpha value is -3.07. The summed E-state index contributed by atoms with van der Waals surface area (Å²) in [5, 5.41) is 0. The Morgan fingerprint density at radius 1 is 0.933 bits per heavy atom. The van der Waals surface area contributed by atoms with E-state index in [0.29, 0.717) is 22.3 Å². The molecular weight excluding hydrogens is 413 g/mol. The van der Waals surface area contributed by atoms with Crippen molar-refractivity contribution in [3.05, 3.63) is 59.7 Å². The van der Waals surface area contributed by atoms with Crippen LogP contribution in [0.25, 0.3) is 11.1 Å². The lowest BCUT2D eigenvalue weighted by Gasteiger charge is -2.23. The van der Waals surface area contributed by atoms with Gasteiger partial charge in [0.05, 0.1) is 19.1 Å². The highest BCUT2D eigenvalue weighted by atomic mass is 32.2. The number of halogens is 1. The fourth-order valence-corrected chi connectivity index (χ4v) is 4.28. The van der Waals surface area contributed by atoms with Gasteiger partial charge in [-0.05, 0) is 46.5 Å². The summed E-state index contributed by atoms with van der Waals surface area (Å²) in [5.74, 6) is -2.15. The summed E-state index contributed by atoms with van der Waals surface area (Å²) in [6, 6.07) is 8.81. The Morgan fingerprint density at radius 3 is 1.87 bits per heavy atom. The van der Waals surface area contributed by atoms with Crippen molar-refractivity contribution in [1.82, 2.24) is 4.98 Å². The number of carbonyl (C=O) groups is 2. The van der Waals surface area contributed by atoms with Crippen LogP contribution in [0, 0.1) is 11.4 Å². The fourth-order valence-electron chi connectivity index (χ4n) is 3.65. The number of esters is 2. The minimum Gasteiger partial charge on any atom is -0.468 e. The third kappa shape index (κ3) is 3.85. The van der Waals surface area contributed by atoms with Gasteiger partial charge in [0, 0.05) is 25.3 Å². The second-order valence-electron chi connectivity index (χ2n) is 7.04. The Bertz CT molecular complexity index is 1110. The fraction of sp³-hybridized carbons (Fsp3) is 0.286. The molecule has 0 aliphatic heterocycles. The van der Waals surface area contributed by atoms with Gasteiger partial charge in [0.2, 0.25) is 5.95 Å². The van der Waals surface area contributed by atoms with Crippen LogP contribution in [0.4, 0.5) is 4.39 Å². The van der Waals surface area contributed by atoms with Crippen molar-refractivity contribution in [3.8, 4) is 0 Å². The van der Waals surface area contributed by atoms with Gasteiger partial charge >= 0.3 is 11.9 Å². The molecule has 0 amide bonds. The molecule has 0 N–H and O–H groups in total. The first-order valence-corrected chi connectivity index (χ1v) is 10.8.